The van der Waals surface area contributed by atoms with Crippen LogP contribution in [-0.2, 0) is 0 Å². The zero-order valence-corrected chi connectivity index (χ0v) is 16.9. The maximum atomic E-state index is 6.31. The van der Waals surface area contributed by atoms with Crippen LogP contribution in [0.2, 0.25) is 20.1 Å². The van der Waals surface area contributed by atoms with E-state index < -0.39 is 0 Å². The second-order valence-electron chi connectivity index (χ2n) is 3.93. The second-order valence-corrected chi connectivity index (χ2v) is 7.85. The molecule has 0 unspecified atom stereocenters. The predicted molar refractivity (Wildman–Crippen MR) is 96.9 cm³/mol. The lowest BCUT2D eigenvalue weighted by molar-refractivity contribution is 0.669. The number of halogens is 7. The normalized spacial score (nSPS) is 11.8. The van der Waals surface area contributed by atoms with Crippen molar-refractivity contribution in [2.75, 3.05) is 0 Å². The highest BCUT2D eigenvalue weighted by atomic mass is 79.9. The van der Waals surface area contributed by atoms with Crippen molar-refractivity contribution in [3.8, 4) is 0 Å². The van der Waals surface area contributed by atoms with Crippen molar-refractivity contribution in [3.05, 3.63) is 39.6 Å². The topological polar surface area (TPSA) is 13.1 Å². The maximum absolute atomic E-state index is 6.31. The molecule has 8 heteroatoms. The molecule has 0 fully saturated rings. The van der Waals surface area contributed by atoms with Crippen molar-refractivity contribution in [2.24, 2.45) is 0 Å². The summed E-state index contributed by atoms with van der Waals surface area (Å²) in [5.41, 5.74) is 0.951. The lowest BCUT2D eigenvalue weighted by Crippen LogP contribution is -1.79. The number of fused-ring (bicyclic) bond motifs is 3. The standard InChI is InChI=1S/C12HBr3Cl4O/c13-5-4-2-1-3(16)8(17)10(19)11(2)20-12(4)9(18)7(15)6(5)14/h1H. The molecule has 0 radical (unpaired) electrons. The SMILES string of the molecule is Clc1cc2c(oc3c(Cl)c(Br)c(Br)c(Br)c32)c(Cl)c1Cl. The van der Waals surface area contributed by atoms with E-state index in [1.165, 1.54) is 0 Å². The zero-order valence-electron chi connectivity index (χ0n) is 9.13. The number of benzene rings is 2. The molecule has 0 bridgehead atoms. The van der Waals surface area contributed by atoms with Crippen LogP contribution in [-0.4, -0.2) is 0 Å². The summed E-state index contributed by atoms with van der Waals surface area (Å²) >= 11 is 35.0. The maximum Gasteiger partial charge on any atom is 0.156 e. The van der Waals surface area contributed by atoms with Crippen molar-refractivity contribution in [1.82, 2.24) is 0 Å². The van der Waals surface area contributed by atoms with Crippen molar-refractivity contribution < 1.29 is 4.42 Å². The molecule has 3 rings (SSSR count). The van der Waals surface area contributed by atoms with Crippen LogP contribution in [0, 0.1) is 0 Å². The predicted octanol–water partition coefficient (Wildman–Crippen LogP) is 8.49. The first kappa shape index (κ1) is 15.7. The fourth-order valence-electron chi connectivity index (χ4n) is 1.91. The summed E-state index contributed by atoms with van der Waals surface area (Å²) < 4.78 is 8.03. The van der Waals surface area contributed by atoms with Gasteiger partial charge in [-0.25, -0.2) is 0 Å². The quantitative estimate of drug-likeness (QED) is 0.205. The fraction of sp³-hybridized carbons (Fsp3) is 0. The summed E-state index contributed by atoms with van der Waals surface area (Å²) in [6.07, 6.45) is 0. The Morgan fingerprint density at radius 3 is 2.05 bits per heavy atom. The van der Waals surface area contributed by atoms with Crippen molar-refractivity contribution in [3.63, 3.8) is 0 Å². The van der Waals surface area contributed by atoms with Gasteiger partial charge in [0.25, 0.3) is 0 Å². The molecule has 0 saturated heterocycles. The highest BCUT2D eigenvalue weighted by Gasteiger charge is 2.23. The Balaban J connectivity index is 2.67. The van der Waals surface area contributed by atoms with Crippen LogP contribution in [0.5, 0.6) is 0 Å². The van der Waals surface area contributed by atoms with Crippen LogP contribution in [0.15, 0.2) is 23.9 Å². The Labute approximate surface area is 158 Å². The first-order chi connectivity index (χ1) is 9.34. The summed E-state index contributed by atoms with van der Waals surface area (Å²) in [6.45, 7) is 0. The molecule has 0 saturated carbocycles. The molecule has 0 atom stereocenters. The van der Waals surface area contributed by atoms with Crippen LogP contribution in [0.4, 0.5) is 0 Å². The number of rotatable bonds is 0. The van der Waals surface area contributed by atoms with Crippen molar-refractivity contribution in [2.45, 2.75) is 0 Å². The van der Waals surface area contributed by atoms with E-state index in [0.717, 1.165) is 19.7 Å². The van der Waals surface area contributed by atoms with Gasteiger partial charge in [0, 0.05) is 19.7 Å². The Hall–Kier alpha value is 0.840. The monoisotopic (exact) mass is 538 g/mol. The van der Waals surface area contributed by atoms with Gasteiger partial charge in [-0.15, -0.1) is 0 Å². The van der Waals surface area contributed by atoms with Gasteiger partial charge < -0.3 is 4.42 Å². The van der Waals surface area contributed by atoms with Gasteiger partial charge in [-0.05, 0) is 53.9 Å². The third kappa shape index (κ3) is 2.15. The van der Waals surface area contributed by atoms with Crippen molar-refractivity contribution >= 4 is 116 Å². The van der Waals surface area contributed by atoms with E-state index in [-0.39, 0.29) is 10.0 Å². The molecule has 20 heavy (non-hydrogen) atoms. The molecule has 0 aliphatic heterocycles. The summed E-state index contributed by atoms with van der Waals surface area (Å²) in [4.78, 5) is 0. The van der Waals surface area contributed by atoms with E-state index in [9.17, 15) is 0 Å². The Morgan fingerprint density at radius 2 is 1.40 bits per heavy atom. The molecule has 2 aromatic carbocycles. The van der Waals surface area contributed by atoms with Crippen LogP contribution < -0.4 is 0 Å². The molecule has 0 aliphatic rings. The lowest BCUT2D eigenvalue weighted by Gasteiger charge is -2.04. The van der Waals surface area contributed by atoms with E-state index in [2.05, 4.69) is 47.8 Å². The van der Waals surface area contributed by atoms with E-state index in [1.54, 1.807) is 6.07 Å². The van der Waals surface area contributed by atoms with Gasteiger partial charge in [-0.1, -0.05) is 46.4 Å². The molecule has 104 valence electrons. The summed E-state index contributed by atoms with van der Waals surface area (Å²) in [6, 6.07) is 1.71. The largest absolute Gasteiger partial charge is 0.453 e. The Morgan fingerprint density at radius 1 is 0.750 bits per heavy atom. The summed E-state index contributed by atoms with van der Waals surface area (Å²) in [5, 5.41) is 2.83. The van der Waals surface area contributed by atoms with Crippen LogP contribution in [0.3, 0.4) is 0 Å². The molecule has 1 nitrogen and oxygen atoms in total. The number of hydrogen-bond acceptors (Lipinski definition) is 1. The summed E-state index contributed by atoms with van der Waals surface area (Å²) in [7, 11) is 0. The van der Waals surface area contributed by atoms with E-state index in [4.69, 9.17) is 50.8 Å². The van der Waals surface area contributed by atoms with E-state index >= 15 is 0 Å². The molecular formula is C12HBr3Cl4O. The van der Waals surface area contributed by atoms with Crippen LogP contribution in [0.25, 0.3) is 21.9 Å². The highest BCUT2D eigenvalue weighted by molar-refractivity contribution is 9.14. The molecule has 1 heterocycles. The molecule has 0 N–H and O–H groups in total. The molecule has 3 aromatic rings. The highest BCUT2D eigenvalue weighted by Crippen LogP contribution is 2.49. The minimum atomic E-state index is 0.255. The van der Waals surface area contributed by atoms with Crippen LogP contribution in [0.1, 0.15) is 0 Å². The molecular weight excluding hydrogens is 542 g/mol. The first-order valence-electron chi connectivity index (χ1n) is 5.06. The smallest absolute Gasteiger partial charge is 0.156 e. The molecule has 0 aliphatic carbocycles. The average Bonchev–Trinajstić information content (AvgIpc) is 2.80. The fourth-order valence-corrected chi connectivity index (χ4v) is 4.52. The van der Waals surface area contributed by atoms with Crippen molar-refractivity contribution in [1.29, 1.82) is 0 Å². The van der Waals surface area contributed by atoms with Gasteiger partial charge in [-0.2, -0.15) is 0 Å². The van der Waals surface area contributed by atoms with Gasteiger partial charge in [0.2, 0.25) is 0 Å². The summed E-state index contributed by atoms with van der Waals surface area (Å²) in [5.74, 6) is 0. The number of hydrogen-bond donors (Lipinski definition) is 0. The van der Waals surface area contributed by atoms with Crippen LogP contribution >= 0.6 is 94.2 Å². The average molecular weight is 543 g/mol. The Kier molecular flexibility index (Phi) is 4.31. The van der Waals surface area contributed by atoms with Gasteiger partial charge in [0.15, 0.2) is 11.2 Å². The number of furan rings is 1. The van der Waals surface area contributed by atoms with Gasteiger partial charge in [0.05, 0.1) is 19.5 Å². The Bertz CT molecular complexity index is 888. The van der Waals surface area contributed by atoms with E-state index in [1.807, 2.05) is 0 Å². The molecule has 0 amide bonds. The van der Waals surface area contributed by atoms with E-state index in [0.29, 0.717) is 25.7 Å². The minimum Gasteiger partial charge on any atom is -0.453 e. The first-order valence-corrected chi connectivity index (χ1v) is 8.95. The minimum absolute atomic E-state index is 0.255. The third-order valence-corrected chi connectivity index (χ3v) is 8.09. The zero-order chi connectivity index (χ0) is 14.8. The molecule has 1 aromatic heterocycles. The second kappa shape index (κ2) is 5.48. The molecule has 0 spiro atoms. The van der Waals surface area contributed by atoms with Gasteiger partial charge >= 0.3 is 0 Å². The third-order valence-electron chi connectivity index (χ3n) is 2.81. The lowest BCUT2D eigenvalue weighted by atomic mass is 10.1. The van der Waals surface area contributed by atoms with Gasteiger partial charge in [0.1, 0.15) is 5.02 Å². The van der Waals surface area contributed by atoms with Gasteiger partial charge in [-0.3, -0.25) is 0 Å².